The molecular weight excluding hydrogens is 296 g/mol. The zero-order chi connectivity index (χ0) is 16.2. The van der Waals surface area contributed by atoms with Crippen LogP contribution >= 0.6 is 0 Å². The van der Waals surface area contributed by atoms with Crippen molar-refractivity contribution in [2.75, 3.05) is 13.9 Å². The fraction of sp³-hybridized carbons (Fsp3) is 0.278. The summed E-state index contributed by atoms with van der Waals surface area (Å²) in [6, 6.07) is 12.4. The summed E-state index contributed by atoms with van der Waals surface area (Å²) in [7, 11) is 1.58. The number of ketones is 1. The Hall–Kier alpha value is -2.53. The van der Waals surface area contributed by atoms with Crippen LogP contribution in [0.5, 0.6) is 17.2 Å². The van der Waals surface area contributed by atoms with Crippen LogP contribution in [0.3, 0.4) is 0 Å². The quantitative estimate of drug-likeness (QED) is 0.830. The molecule has 23 heavy (non-hydrogen) atoms. The van der Waals surface area contributed by atoms with E-state index in [1.54, 1.807) is 31.4 Å². The largest absolute Gasteiger partial charge is 0.497 e. The van der Waals surface area contributed by atoms with Gasteiger partial charge in [-0.15, -0.1) is 0 Å². The minimum Gasteiger partial charge on any atom is -0.497 e. The van der Waals surface area contributed by atoms with Crippen molar-refractivity contribution in [1.29, 1.82) is 0 Å². The Morgan fingerprint density at radius 3 is 2.65 bits per heavy atom. The van der Waals surface area contributed by atoms with Gasteiger partial charge in [0.05, 0.1) is 13.2 Å². The van der Waals surface area contributed by atoms with Crippen molar-refractivity contribution in [1.82, 2.24) is 0 Å². The number of methoxy groups -OCH3 is 1. The Labute approximate surface area is 134 Å². The second-order valence-corrected chi connectivity index (χ2v) is 5.40. The van der Waals surface area contributed by atoms with E-state index in [0.717, 1.165) is 5.56 Å². The van der Waals surface area contributed by atoms with E-state index in [1.807, 2.05) is 18.2 Å². The molecule has 1 aliphatic rings. The first kappa shape index (κ1) is 15.4. The van der Waals surface area contributed by atoms with Crippen molar-refractivity contribution in [3.63, 3.8) is 0 Å². The van der Waals surface area contributed by atoms with Crippen LogP contribution in [0.25, 0.3) is 0 Å². The van der Waals surface area contributed by atoms with Crippen LogP contribution in [0.2, 0.25) is 0 Å². The number of aliphatic hydroxyl groups excluding tert-OH is 1. The molecule has 0 bridgehead atoms. The molecule has 1 aliphatic heterocycles. The fourth-order valence-electron chi connectivity index (χ4n) is 2.52. The van der Waals surface area contributed by atoms with Crippen LogP contribution in [-0.4, -0.2) is 30.9 Å². The molecule has 0 radical (unpaired) electrons. The van der Waals surface area contributed by atoms with Crippen LogP contribution in [0.1, 0.15) is 22.3 Å². The van der Waals surface area contributed by atoms with E-state index < -0.39 is 6.10 Å². The Morgan fingerprint density at radius 1 is 1.17 bits per heavy atom. The Morgan fingerprint density at radius 2 is 1.91 bits per heavy atom. The van der Waals surface area contributed by atoms with Gasteiger partial charge < -0.3 is 19.3 Å². The molecular formula is C18H18O5. The third kappa shape index (κ3) is 3.63. The van der Waals surface area contributed by atoms with Crippen molar-refractivity contribution in [3.8, 4) is 17.2 Å². The number of hydrogen-bond donors (Lipinski definition) is 1. The predicted molar refractivity (Wildman–Crippen MR) is 84.2 cm³/mol. The first-order chi connectivity index (χ1) is 11.2. The molecule has 0 unspecified atom stereocenters. The Kier molecular flexibility index (Phi) is 4.48. The van der Waals surface area contributed by atoms with Gasteiger partial charge in [-0.2, -0.15) is 0 Å². The highest BCUT2D eigenvalue weighted by Gasteiger charge is 2.17. The minimum atomic E-state index is -0.745. The summed E-state index contributed by atoms with van der Waals surface area (Å²) in [6.45, 7) is 0.220. The van der Waals surface area contributed by atoms with Gasteiger partial charge in [0, 0.05) is 12.0 Å². The molecule has 1 N–H and O–H groups in total. The monoisotopic (exact) mass is 314 g/mol. The topological polar surface area (TPSA) is 65.0 Å². The lowest BCUT2D eigenvalue weighted by Gasteiger charge is -2.11. The van der Waals surface area contributed by atoms with E-state index in [-0.39, 0.29) is 19.0 Å². The van der Waals surface area contributed by atoms with Gasteiger partial charge in [0.25, 0.3) is 0 Å². The third-order valence-corrected chi connectivity index (χ3v) is 3.74. The summed E-state index contributed by atoms with van der Waals surface area (Å²) in [6.07, 6.45) is -0.288. The maximum absolute atomic E-state index is 12.2. The van der Waals surface area contributed by atoms with E-state index >= 15 is 0 Å². The second kappa shape index (κ2) is 6.71. The number of fused-ring (bicyclic) bond motifs is 1. The lowest BCUT2D eigenvalue weighted by atomic mass is 10.00. The van der Waals surface area contributed by atoms with Gasteiger partial charge in [-0.05, 0) is 48.4 Å². The number of hydrogen-bond acceptors (Lipinski definition) is 5. The maximum atomic E-state index is 12.2. The first-order valence-corrected chi connectivity index (χ1v) is 7.39. The van der Waals surface area contributed by atoms with Gasteiger partial charge in [0.15, 0.2) is 17.3 Å². The molecule has 120 valence electrons. The molecule has 1 heterocycles. The average molecular weight is 314 g/mol. The SMILES string of the molecule is COc1ccc(C(=O)C[C@H](O)Cc2ccc3c(c2)OCO3)cc1. The molecule has 5 heteroatoms. The number of ether oxygens (including phenoxy) is 3. The van der Waals surface area contributed by atoms with Crippen molar-refractivity contribution in [2.24, 2.45) is 0 Å². The molecule has 0 aliphatic carbocycles. The Balaban J connectivity index is 1.59. The maximum Gasteiger partial charge on any atom is 0.231 e. The van der Waals surface area contributed by atoms with E-state index in [1.165, 1.54) is 0 Å². The van der Waals surface area contributed by atoms with E-state index in [0.29, 0.717) is 29.2 Å². The molecule has 0 saturated carbocycles. The summed E-state index contributed by atoms with van der Waals surface area (Å²) in [5, 5.41) is 10.2. The van der Waals surface area contributed by atoms with Crippen LogP contribution in [0.15, 0.2) is 42.5 Å². The number of rotatable bonds is 6. The summed E-state index contributed by atoms with van der Waals surface area (Å²) in [5.74, 6) is 1.98. The van der Waals surface area contributed by atoms with E-state index in [9.17, 15) is 9.90 Å². The normalized spacial score (nSPS) is 13.7. The Bertz CT molecular complexity index is 693. The summed E-state index contributed by atoms with van der Waals surface area (Å²) < 4.78 is 15.6. The predicted octanol–water partition coefficient (Wildman–Crippen LogP) is 2.60. The third-order valence-electron chi connectivity index (χ3n) is 3.74. The highest BCUT2D eigenvalue weighted by atomic mass is 16.7. The molecule has 0 fully saturated rings. The minimum absolute atomic E-state index is 0.0702. The molecule has 0 saturated heterocycles. The van der Waals surface area contributed by atoms with Gasteiger partial charge in [0.1, 0.15) is 5.75 Å². The van der Waals surface area contributed by atoms with E-state index in [2.05, 4.69) is 0 Å². The summed E-state index contributed by atoms with van der Waals surface area (Å²) in [4.78, 5) is 12.2. The lowest BCUT2D eigenvalue weighted by molar-refractivity contribution is 0.0881. The van der Waals surface area contributed by atoms with Crippen LogP contribution in [0, 0.1) is 0 Å². The fourth-order valence-corrected chi connectivity index (χ4v) is 2.52. The van der Waals surface area contributed by atoms with Crippen LogP contribution in [0.4, 0.5) is 0 Å². The van der Waals surface area contributed by atoms with Gasteiger partial charge >= 0.3 is 0 Å². The van der Waals surface area contributed by atoms with Gasteiger partial charge in [-0.3, -0.25) is 4.79 Å². The summed E-state index contributed by atoms with van der Waals surface area (Å²) >= 11 is 0. The van der Waals surface area contributed by atoms with Gasteiger partial charge in [-0.1, -0.05) is 6.07 Å². The van der Waals surface area contributed by atoms with Crippen molar-refractivity contribution in [2.45, 2.75) is 18.9 Å². The summed E-state index contributed by atoms with van der Waals surface area (Å²) in [5.41, 5.74) is 1.47. The zero-order valence-corrected chi connectivity index (χ0v) is 12.8. The standard InChI is InChI=1S/C18H18O5/c1-21-15-5-3-13(4-6-15)16(20)10-14(19)8-12-2-7-17-18(9-12)23-11-22-17/h2-7,9,14,19H,8,10-11H2,1H3/t14-/m1/s1. The highest BCUT2D eigenvalue weighted by molar-refractivity contribution is 5.96. The lowest BCUT2D eigenvalue weighted by Crippen LogP contribution is -2.16. The molecule has 0 aromatic heterocycles. The van der Waals surface area contributed by atoms with Gasteiger partial charge in [-0.25, -0.2) is 0 Å². The number of aliphatic hydroxyl groups is 1. The van der Waals surface area contributed by atoms with Crippen molar-refractivity contribution < 1.29 is 24.1 Å². The molecule has 0 spiro atoms. The number of carbonyl (C=O) groups excluding carboxylic acids is 1. The average Bonchev–Trinajstić information content (AvgIpc) is 3.02. The van der Waals surface area contributed by atoms with Gasteiger partial charge in [0.2, 0.25) is 6.79 Å². The molecule has 1 atom stereocenters. The van der Waals surface area contributed by atoms with Crippen LogP contribution < -0.4 is 14.2 Å². The van der Waals surface area contributed by atoms with Crippen molar-refractivity contribution >= 4 is 5.78 Å². The first-order valence-electron chi connectivity index (χ1n) is 7.39. The molecule has 2 aromatic carbocycles. The number of carbonyl (C=O) groups is 1. The van der Waals surface area contributed by atoms with Crippen LogP contribution in [-0.2, 0) is 6.42 Å². The highest BCUT2D eigenvalue weighted by Crippen LogP contribution is 2.32. The second-order valence-electron chi connectivity index (χ2n) is 5.40. The molecule has 5 nitrogen and oxygen atoms in total. The molecule has 3 rings (SSSR count). The number of benzene rings is 2. The molecule has 0 amide bonds. The zero-order valence-electron chi connectivity index (χ0n) is 12.8. The van der Waals surface area contributed by atoms with Crippen molar-refractivity contribution in [3.05, 3.63) is 53.6 Å². The molecule has 2 aromatic rings. The number of Topliss-reactive ketones (excluding diaryl/α,β-unsaturated/α-hetero) is 1. The smallest absolute Gasteiger partial charge is 0.231 e. The van der Waals surface area contributed by atoms with E-state index in [4.69, 9.17) is 14.2 Å².